The highest BCUT2D eigenvalue weighted by atomic mass is 16.5. The Morgan fingerprint density at radius 2 is 1.81 bits per heavy atom. The van der Waals surface area contributed by atoms with E-state index < -0.39 is 5.92 Å². The normalized spacial score (nSPS) is 19.3. The first-order valence-corrected chi connectivity index (χ1v) is 11.1. The summed E-state index contributed by atoms with van der Waals surface area (Å²) in [6.07, 6.45) is 5.26. The van der Waals surface area contributed by atoms with Gasteiger partial charge < -0.3 is 9.64 Å². The van der Waals surface area contributed by atoms with Crippen LogP contribution < -0.4 is 9.64 Å². The Kier molecular flexibility index (Phi) is 6.77. The quantitative estimate of drug-likeness (QED) is 0.370. The van der Waals surface area contributed by atoms with Crippen LogP contribution in [0.2, 0.25) is 0 Å². The number of hydrogen-bond acceptors (Lipinski definition) is 5. The SMILES string of the molecule is CCOc1ccc(N2C(=O)c3ccccc3[C@@H](C=NCCCN3CCCC3)C2=O)cc1. The lowest BCUT2D eigenvalue weighted by Gasteiger charge is -2.31. The number of hydrogen-bond donors (Lipinski definition) is 0. The number of amides is 2. The summed E-state index contributed by atoms with van der Waals surface area (Å²) in [4.78, 5) is 34.8. The van der Waals surface area contributed by atoms with E-state index in [2.05, 4.69) is 9.89 Å². The predicted molar refractivity (Wildman–Crippen MR) is 122 cm³/mol. The zero-order valence-corrected chi connectivity index (χ0v) is 18.0. The maximum Gasteiger partial charge on any atom is 0.265 e. The summed E-state index contributed by atoms with van der Waals surface area (Å²) in [6.45, 7) is 6.56. The van der Waals surface area contributed by atoms with E-state index in [4.69, 9.17) is 4.74 Å². The number of nitrogens with zero attached hydrogens (tertiary/aromatic N) is 3. The number of benzene rings is 2. The van der Waals surface area contributed by atoms with Crippen molar-refractivity contribution < 1.29 is 14.3 Å². The molecule has 6 heteroatoms. The summed E-state index contributed by atoms with van der Waals surface area (Å²) in [6, 6.07) is 14.4. The second-order valence-corrected chi connectivity index (χ2v) is 7.93. The van der Waals surface area contributed by atoms with Crippen LogP contribution in [0.3, 0.4) is 0 Å². The molecule has 1 atom stereocenters. The number of ether oxygens (including phenoxy) is 1. The molecule has 0 saturated carbocycles. The van der Waals surface area contributed by atoms with Gasteiger partial charge in [0.15, 0.2) is 0 Å². The lowest BCUT2D eigenvalue weighted by atomic mass is 9.89. The van der Waals surface area contributed by atoms with Crippen molar-refractivity contribution >= 4 is 23.7 Å². The summed E-state index contributed by atoms with van der Waals surface area (Å²) < 4.78 is 5.48. The van der Waals surface area contributed by atoms with E-state index in [-0.39, 0.29) is 11.8 Å². The topological polar surface area (TPSA) is 62.2 Å². The van der Waals surface area contributed by atoms with Crippen LogP contribution in [0.1, 0.15) is 48.0 Å². The van der Waals surface area contributed by atoms with Gasteiger partial charge in [0.2, 0.25) is 5.91 Å². The molecule has 1 saturated heterocycles. The van der Waals surface area contributed by atoms with Crippen molar-refractivity contribution in [2.75, 3.05) is 37.7 Å². The average Bonchev–Trinajstić information content (AvgIpc) is 3.31. The fraction of sp³-hybridized carbons (Fsp3) is 0.400. The van der Waals surface area contributed by atoms with Crippen molar-refractivity contribution in [1.82, 2.24) is 4.90 Å². The molecule has 0 aromatic heterocycles. The first-order chi connectivity index (χ1) is 15.2. The first kappa shape index (κ1) is 21.2. The molecular formula is C25H29N3O3. The van der Waals surface area contributed by atoms with Gasteiger partial charge in [-0.2, -0.15) is 0 Å². The van der Waals surface area contributed by atoms with Crippen LogP contribution in [0.4, 0.5) is 5.69 Å². The number of carbonyl (C=O) groups is 2. The molecule has 0 radical (unpaired) electrons. The Bertz CT molecular complexity index is 949. The molecule has 0 N–H and O–H groups in total. The molecule has 2 aliphatic heterocycles. The summed E-state index contributed by atoms with van der Waals surface area (Å²) in [5, 5.41) is 0. The third kappa shape index (κ3) is 4.69. The Labute approximate surface area is 183 Å². The van der Waals surface area contributed by atoms with Crippen molar-refractivity contribution in [2.24, 2.45) is 4.99 Å². The number of anilines is 1. The fourth-order valence-corrected chi connectivity index (χ4v) is 4.27. The van der Waals surface area contributed by atoms with E-state index >= 15 is 0 Å². The Morgan fingerprint density at radius 3 is 2.55 bits per heavy atom. The second kappa shape index (κ2) is 9.88. The van der Waals surface area contributed by atoms with Crippen molar-refractivity contribution in [3.8, 4) is 5.75 Å². The van der Waals surface area contributed by atoms with E-state index in [0.29, 0.717) is 30.2 Å². The van der Waals surface area contributed by atoms with E-state index in [1.54, 1.807) is 36.5 Å². The van der Waals surface area contributed by atoms with Crippen molar-refractivity contribution in [3.05, 3.63) is 59.7 Å². The number of imide groups is 1. The first-order valence-electron chi connectivity index (χ1n) is 11.1. The minimum atomic E-state index is -0.563. The lowest BCUT2D eigenvalue weighted by Crippen LogP contribution is -2.45. The summed E-state index contributed by atoms with van der Waals surface area (Å²) in [5.41, 5.74) is 1.81. The number of rotatable bonds is 8. The van der Waals surface area contributed by atoms with Gasteiger partial charge in [0.25, 0.3) is 5.91 Å². The highest BCUT2D eigenvalue weighted by Gasteiger charge is 2.38. The molecule has 162 valence electrons. The molecule has 4 rings (SSSR count). The minimum absolute atomic E-state index is 0.267. The van der Waals surface area contributed by atoms with Gasteiger partial charge in [-0.15, -0.1) is 0 Å². The van der Waals surface area contributed by atoms with Gasteiger partial charge in [-0.1, -0.05) is 18.2 Å². The Hall–Kier alpha value is -2.99. The van der Waals surface area contributed by atoms with Gasteiger partial charge >= 0.3 is 0 Å². The molecule has 0 unspecified atom stereocenters. The Morgan fingerprint density at radius 1 is 1.06 bits per heavy atom. The molecule has 2 heterocycles. The van der Waals surface area contributed by atoms with Gasteiger partial charge in [0.1, 0.15) is 5.75 Å². The molecule has 6 nitrogen and oxygen atoms in total. The standard InChI is InChI=1S/C25H29N3O3/c1-2-31-20-12-10-19(11-13-20)28-24(29)22-9-4-3-8-21(22)23(25(28)30)18-26-14-7-17-27-15-5-6-16-27/h3-4,8-13,18,23H,2,5-7,14-17H2,1H3/t23-/m1/s1. The number of fused-ring (bicyclic) bond motifs is 1. The highest BCUT2D eigenvalue weighted by Crippen LogP contribution is 2.32. The molecule has 2 aromatic rings. The number of carbonyl (C=O) groups excluding carboxylic acids is 2. The van der Waals surface area contributed by atoms with Gasteiger partial charge in [-0.25, -0.2) is 4.90 Å². The molecule has 31 heavy (non-hydrogen) atoms. The van der Waals surface area contributed by atoms with Crippen LogP contribution in [0, 0.1) is 0 Å². The van der Waals surface area contributed by atoms with Crippen LogP contribution in [0.5, 0.6) is 5.75 Å². The summed E-state index contributed by atoms with van der Waals surface area (Å²) >= 11 is 0. The maximum absolute atomic E-state index is 13.4. The van der Waals surface area contributed by atoms with Crippen molar-refractivity contribution in [3.63, 3.8) is 0 Å². The van der Waals surface area contributed by atoms with Crippen molar-refractivity contribution in [2.45, 2.75) is 32.1 Å². The van der Waals surface area contributed by atoms with Gasteiger partial charge in [-0.05, 0) is 81.7 Å². The van der Waals surface area contributed by atoms with Gasteiger partial charge in [-0.3, -0.25) is 14.6 Å². The van der Waals surface area contributed by atoms with Crippen LogP contribution >= 0.6 is 0 Å². The van der Waals surface area contributed by atoms with Crippen LogP contribution in [0.25, 0.3) is 0 Å². The van der Waals surface area contributed by atoms with Crippen molar-refractivity contribution in [1.29, 1.82) is 0 Å². The molecular weight excluding hydrogens is 390 g/mol. The van der Waals surface area contributed by atoms with Crippen LogP contribution in [-0.2, 0) is 4.79 Å². The Balaban J connectivity index is 1.52. The van der Waals surface area contributed by atoms with E-state index in [0.717, 1.165) is 18.5 Å². The predicted octanol–water partition coefficient (Wildman–Crippen LogP) is 3.91. The zero-order chi connectivity index (χ0) is 21.6. The summed E-state index contributed by atoms with van der Waals surface area (Å²) in [5.74, 6) is -0.425. The maximum atomic E-state index is 13.4. The van der Waals surface area contributed by atoms with Gasteiger partial charge in [0.05, 0.1) is 18.2 Å². The lowest BCUT2D eigenvalue weighted by molar-refractivity contribution is -0.118. The smallest absolute Gasteiger partial charge is 0.265 e. The molecule has 0 bridgehead atoms. The molecule has 0 aliphatic carbocycles. The second-order valence-electron chi connectivity index (χ2n) is 7.93. The molecule has 2 aliphatic rings. The zero-order valence-electron chi connectivity index (χ0n) is 18.0. The summed E-state index contributed by atoms with van der Waals surface area (Å²) in [7, 11) is 0. The number of aliphatic imine (C=N–C) groups is 1. The largest absolute Gasteiger partial charge is 0.494 e. The molecule has 0 spiro atoms. The van der Waals surface area contributed by atoms with Crippen LogP contribution in [0.15, 0.2) is 53.5 Å². The molecule has 2 amide bonds. The molecule has 2 aromatic carbocycles. The minimum Gasteiger partial charge on any atom is -0.494 e. The monoisotopic (exact) mass is 419 g/mol. The van der Waals surface area contributed by atoms with Gasteiger partial charge in [0, 0.05) is 18.3 Å². The highest BCUT2D eigenvalue weighted by molar-refractivity contribution is 6.29. The van der Waals surface area contributed by atoms with E-state index in [1.807, 2.05) is 25.1 Å². The van der Waals surface area contributed by atoms with E-state index in [1.165, 1.54) is 30.8 Å². The number of likely N-dealkylation sites (tertiary alicyclic amines) is 1. The fourth-order valence-electron chi connectivity index (χ4n) is 4.27. The molecule has 1 fully saturated rings. The van der Waals surface area contributed by atoms with Crippen LogP contribution in [-0.4, -0.2) is 55.7 Å². The van der Waals surface area contributed by atoms with E-state index in [9.17, 15) is 9.59 Å². The third-order valence-electron chi connectivity index (χ3n) is 5.84. The third-order valence-corrected chi connectivity index (χ3v) is 5.84. The average molecular weight is 420 g/mol.